The molecule has 220 valence electrons. The van der Waals surface area contributed by atoms with Gasteiger partial charge in [-0.2, -0.15) is 0 Å². The standard InChI is InChI=1S/C23H27F4N5O2.C4H5N3/c1-13-9-18-19(12-32(13)14(2)33)30-23(22(29-18)28-11-21(26)27)31-7-5-16(6-8-31)34-20-4-3-15(24)10-17(20)25;5-4-3-6-1-2-7-4/h3-4,10,13,16,21H,5-9,11-12H2,1-2H3,(H,28,29);1-3H,(H2,5,7). The fraction of sp³-hybridized carbons (Fsp3) is 0.444. The van der Waals surface area contributed by atoms with Crippen LogP contribution in [0.2, 0.25) is 0 Å². The molecule has 3 N–H and O–H groups in total. The van der Waals surface area contributed by atoms with Crippen molar-refractivity contribution in [2.45, 2.75) is 58.2 Å². The van der Waals surface area contributed by atoms with E-state index in [2.05, 4.69) is 20.3 Å². The molecular weight excluding hydrogens is 544 g/mol. The van der Waals surface area contributed by atoms with E-state index in [-0.39, 0.29) is 29.6 Å². The summed E-state index contributed by atoms with van der Waals surface area (Å²) in [6.45, 7) is 4.14. The van der Waals surface area contributed by atoms with Crippen molar-refractivity contribution in [1.82, 2.24) is 24.8 Å². The summed E-state index contributed by atoms with van der Waals surface area (Å²) >= 11 is 0. The van der Waals surface area contributed by atoms with E-state index in [1.807, 2.05) is 11.8 Å². The summed E-state index contributed by atoms with van der Waals surface area (Å²) in [4.78, 5) is 32.4. The molecule has 0 radical (unpaired) electrons. The first-order chi connectivity index (χ1) is 19.6. The first kappa shape index (κ1) is 29.7. The number of benzene rings is 1. The molecule has 2 aliphatic heterocycles. The largest absolute Gasteiger partial charge is 0.487 e. The number of hydrogen-bond acceptors (Lipinski definition) is 9. The molecule has 10 nitrogen and oxygen atoms in total. The van der Waals surface area contributed by atoms with Crippen LogP contribution in [-0.4, -0.2) is 68.9 Å². The van der Waals surface area contributed by atoms with Crippen LogP contribution in [0.1, 0.15) is 38.1 Å². The summed E-state index contributed by atoms with van der Waals surface area (Å²) < 4.78 is 58.6. The minimum Gasteiger partial charge on any atom is -0.487 e. The lowest BCUT2D eigenvalue weighted by Crippen LogP contribution is -2.43. The topological polar surface area (TPSA) is 122 Å². The Bertz CT molecular complexity index is 1330. The third-order valence-electron chi connectivity index (χ3n) is 6.71. The normalized spacial score (nSPS) is 17.0. The number of anilines is 3. The van der Waals surface area contributed by atoms with Gasteiger partial charge in [0.25, 0.3) is 6.43 Å². The van der Waals surface area contributed by atoms with Gasteiger partial charge in [-0.15, -0.1) is 0 Å². The Hall–Kier alpha value is -4.23. The highest BCUT2D eigenvalue weighted by Crippen LogP contribution is 2.31. The predicted octanol–water partition coefficient (Wildman–Crippen LogP) is 3.83. The third kappa shape index (κ3) is 7.92. The molecule has 2 aromatic heterocycles. The number of carbonyl (C=O) groups excluding carboxylic acids is 1. The van der Waals surface area contributed by atoms with Crippen LogP contribution in [0.25, 0.3) is 0 Å². The number of piperidine rings is 1. The number of amides is 1. The van der Waals surface area contributed by atoms with E-state index in [1.165, 1.54) is 19.2 Å². The molecule has 2 aliphatic rings. The van der Waals surface area contributed by atoms with Crippen molar-refractivity contribution in [3.8, 4) is 5.75 Å². The first-order valence-electron chi connectivity index (χ1n) is 13.2. The summed E-state index contributed by atoms with van der Waals surface area (Å²) in [5, 5.41) is 2.71. The molecule has 14 heteroatoms. The van der Waals surface area contributed by atoms with E-state index in [1.54, 1.807) is 17.3 Å². The minimum atomic E-state index is -2.55. The molecule has 41 heavy (non-hydrogen) atoms. The van der Waals surface area contributed by atoms with Crippen molar-refractivity contribution in [3.63, 3.8) is 0 Å². The highest BCUT2D eigenvalue weighted by atomic mass is 19.3. The molecule has 0 aliphatic carbocycles. The monoisotopic (exact) mass is 576 g/mol. The van der Waals surface area contributed by atoms with Gasteiger partial charge in [0.1, 0.15) is 17.7 Å². The van der Waals surface area contributed by atoms with E-state index in [4.69, 9.17) is 15.5 Å². The molecule has 5 rings (SSSR count). The van der Waals surface area contributed by atoms with E-state index in [0.29, 0.717) is 61.9 Å². The van der Waals surface area contributed by atoms with Crippen LogP contribution in [0, 0.1) is 11.6 Å². The lowest BCUT2D eigenvalue weighted by Gasteiger charge is -2.36. The van der Waals surface area contributed by atoms with Gasteiger partial charge < -0.3 is 25.6 Å². The fourth-order valence-electron chi connectivity index (χ4n) is 4.67. The number of nitrogens with two attached hydrogens (primary N) is 1. The molecule has 4 heterocycles. The van der Waals surface area contributed by atoms with Crippen molar-refractivity contribution in [2.75, 3.05) is 35.6 Å². The van der Waals surface area contributed by atoms with Gasteiger partial charge in [-0.1, -0.05) is 0 Å². The molecule has 1 fully saturated rings. The number of aromatic nitrogens is 4. The molecule has 3 aromatic rings. The summed E-state index contributed by atoms with van der Waals surface area (Å²) in [6.07, 6.45) is 3.34. The maximum Gasteiger partial charge on any atom is 0.255 e. The van der Waals surface area contributed by atoms with Gasteiger partial charge >= 0.3 is 0 Å². The number of fused-ring (bicyclic) bond motifs is 1. The SMILES string of the molecule is CC(=O)N1Cc2nc(N3CCC(Oc4ccc(F)cc4F)CC3)c(NCC(F)F)nc2CC1C.Nc1cnccn1. The average Bonchev–Trinajstić information content (AvgIpc) is 2.93. The molecule has 1 atom stereocenters. The number of carbonyl (C=O) groups is 1. The Morgan fingerprint density at radius 2 is 1.93 bits per heavy atom. The van der Waals surface area contributed by atoms with Gasteiger partial charge in [-0.05, 0) is 19.1 Å². The van der Waals surface area contributed by atoms with Crippen LogP contribution in [0.15, 0.2) is 36.8 Å². The number of nitrogens with one attached hydrogen (secondary N) is 1. The van der Waals surface area contributed by atoms with Crippen LogP contribution in [0.5, 0.6) is 5.75 Å². The van der Waals surface area contributed by atoms with Crippen LogP contribution in [0.4, 0.5) is 35.0 Å². The van der Waals surface area contributed by atoms with Gasteiger partial charge in [0.2, 0.25) is 5.91 Å². The number of halogens is 4. The lowest BCUT2D eigenvalue weighted by atomic mass is 10.0. The van der Waals surface area contributed by atoms with Gasteiger partial charge in [0.15, 0.2) is 23.2 Å². The van der Waals surface area contributed by atoms with E-state index >= 15 is 0 Å². The Balaban J connectivity index is 0.000000483. The highest BCUT2D eigenvalue weighted by molar-refractivity contribution is 5.74. The van der Waals surface area contributed by atoms with E-state index < -0.39 is 24.6 Å². The first-order valence-corrected chi connectivity index (χ1v) is 13.2. The maximum absolute atomic E-state index is 13.9. The smallest absolute Gasteiger partial charge is 0.255 e. The Morgan fingerprint density at radius 1 is 1.17 bits per heavy atom. The summed E-state index contributed by atoms with van der Waals surface area (Å²) in [6, 6.07) is 3.12. The van der Waals surface area contributed by atoms with Gasteiger partial charge in [0, 0.05) is 63.8 Å². The number of hydrogen-bond donors (Lipinski definition) is 2. The van der Waals surface area contributed by atoms with E-state index in [9.17, 15) is 22.4 Å². The zero-order valence-electron chi connectivity index (χ0n) is 22.7. The Labute approximate surface area is 235 Å². The van der Waals surface area contributed by atoms with Gasteiger partial charge in [-0.3, -0.25) is 9.78 Å². The number of nitrogen functional groups attached to an aromatic ring is 1. The number of rotatable bonds is 6. The van der Waals surface area contributed by atoms with Gasteiger partial charge in [0.05, 0.1) is 30.7 Å². The van der Waals surface area contributed by atoms with Crippen molar-refractivity contribution in [1.29, 1.82) is 0 Å². The molecular formula is C27H32F4N8O2. The Kier molecular flexibility index (Phi) is 9.73. The third-order valence-corrected chi connectivity index (χ3v) is 6.71. The summed E-state index contributed by atoms with van der Waals surface area (Å²) in [7, 11) is 0. The Morgan fingerprint density at radius 3 is 2.51 bits per heavy atom. The average molecular weight is 577 g/mol. The highest BCUT2D eigenvalue weighted by Gasteiger charge is 2.31. The zero-order valence-corrected chi connectivity index (χ0v) is 22.7. The van der Waals surface area contributed by atoms with Crippen LogP contribution >= 0.6 is 0 Å². The second-order valence-corrected chi connectivity index (χ2v) is 9.77. The van der Waals surface area contributed by atoms with Crippen LogP contribution in [0.3, 0.4) is 0 Å². The number of nitrogens with zero attached hydrogens (tertiary/aromatic N) is 6. The molecule has 1 saturated heterocycles. The fourth-order valence-corrected chi connectivity index (χ4v) is 4.67. The molecule has 1 unspecified atom stereocenters. The summed E-state index contributed by atoms with van der Waals surface area (Å²) in [5.41, 5.74) is 6.53. The molecule has 0 spiro atoms. The minimum absolute atomic E-state index is 0.00819. The molecule has 0 bridgehead atoms. The quantitative estimate of drug-likeness (QED) is 0.422. The van der Waals surface area contributed by atoms with Gasteiger partial charge in [-0.25, -0.2) is 32.5 Å². The summed E-state index contributed by atoms with van der Waals surface area (Å²) in [5.74, 6) is -0.311. The zero-order chi connectivity index (χ0) is 29.5. The van der Waals surface area contributed by atoms with E-state index in [0.717, 1.165) is 12.1 Å². The molecule has 1 aromatic carbocycles. The van der Waals surface area contributed by atoms with Crippen molar-refractivity contribution < 1.29 is 27.1 Å². The molecule has 0 saturated carbocycles. The number of ether oxygens (including phenoxy) is 1. The van der Waals surface area contributed by atoms with Crippen molar-refractivity contribution in [3.05, 3.63) is 59.8 Å². The number of alkyl halides is 2. The second-order valence-electron chi connectivity index (χ2n) is 9.77. The van der Waals surface area contributed by atoms with Crippen molar-refractivity contribution >= 4 is 23.4 Å². The van der Waals surface area contributed by atoms with Crippen molar-refractivity contribution in [2.24, 2.45) is 0 Å². The second kappa shape index (κ2) is 13.4. The van der Waals surface area contributed by atoms with Crippen LogP contribution < -0.4 is 20.7 Å². The van der Waals surface area contributed by atoms with Crippen LogP contribution in [-0.2, 0) is 17.8 Å². The predicted molar refractivity (Wildman–Crippen MR) is 145 cm³/mol. The maximum atomic E-state index is 13.9. The molecule has 1 amide bonds. The lowest BCUT2D eigenvalue weighted by molar-refractivity contribution is -0.132.